The summed E-state index contributed by atoms with van der Waals surface area (Å²) in [6.45, 7) is 1.58. The largest absolute Gasteiger partial charge is 0.481 e. The highest BCUT2D eigenvalue weighted by Gasteiger charge is 2.21. The van der Waals surface area contributed by atoms with E-state index >= 15 is 0 Å². The van der Waals surface area contributed by atoms with Crippen LogP contribution in [0.1, 0.15) is 24.0 Å². The minimum Gasteiger partial charge on any atom is -0.481 e. The van der Waals surface area contributed by atoms with Crippen molar-refractivity contribution in [2.24, 2.45) is 0 Å². The quantitative estimate of drug-likeness (QED) is 0.833. The number of nitrogens with one attached hydrogen (secondary N) is 2. The summed E-state index contributed by atoms with van der Waals surface area (Å²) in [4.78, 5) is 29.6. The van der Waals surface area contributed by atoms with Crippen molar-refractivity contribution >= 4 is 17.6 Å². The molecule has 26 heavy (non-hydrogen) atoms. The fraction of sp³-hybridized carbons (Fsp3) is 0.316. The van der Waals surface area contributed by atoms with Crippen molar-refractivity contribution < 1.29 is 14.3 Å². The maximum absolute atomic E-state index is 11.9. The van der Waals surface area contributed by atoms with Crippen LogP contribution < -0.4 is 20.3 Å². The van der Waals surface area contributed by atoms with Crippen LogP contribution >= 0.6 is 0 Å². The molecule has 1 aliphatic rings. The first-order valence-corrected chi connectivity index (χ1v) is 8.55. The van der Waals surface area contributed by atoms with E-state index in [1.165, 1.54) is 0 Å². The summed E-state index contributed by atoms with van der Waals surface area (Å²) in [7, 11) is 1.56. The molecule has 0 unspecified atom stereocenters. The van der Waals surface area contributed by atoms with Crippen LogP contribution in [-0.2, 0) is 17.9 Å². The molecule has 0 spiro atoms. The summed E-state index contributed by atoms with van der Waals surface area (Å²) in [5.41, 5.74) is 2.77. The third kappa shape index (κ3) is 4.50. The molecule has 7 heteroatoms. The van der Waals surface area contributed by atoms with Gasteiger partial charge in [-0.2, -0.15) is 0 Å². The lowest BCUT2D eigenvalue weighted by molar-refractivity contribution is -0.117. The molecule has 2 heterocycles. The van der Waals surface area contributed by atoms with E-state index in [0.29, 0.717) is 25.4 Å². The number of anilines is 1. The van der Waals surface area contributed by atoms with Crippen LogP contribution in [-0.4, -0.2) is 30.6 Å². The molecule has 1 aromatic heterocycles. The molecule has 1 saturated heterocycles. The Morgan fingerprint density at radius 1 is 1.12 bits per heavy atom. The molecule has 3 amide bonds. The number of urea groups is 1. The molecular weight excluding hydrogens is 332 g/mol. The maximum atomic E-state index is 11.9. The van der Waals surface area contributed by atoms with Crippen LogP contribution in [0.2, 0.25) is 0 Å². The van der Waals surface area contributed by atoms with Crippen molar-refractivity contribution in [1.29, 1.82) is 0 Å². The zero-order valence-electron chi connectivity index (χ0n) is 14.7. The molecule has 1 aromatic carbocycles. The molecule has 3 rings (SSSR count). The number of methoxy groups -OCH3 is 1. The highest BCUT2D eigenvalue weighted by molar-refractivity contribution is 5.95. The number of carbonyl (C=O) groups excluding carboxylic acids is 2. The first-order valence-electron chi connectivity index (χ1n) is 8.55. The monoisotopic (exact) mass is 354 g/mol. The predicted molar refractivity (Wildman–Crippen MR) is 97.9 cm³/mol. The lowest BCUT2D eigenvalue weighted by atomic mass is 10.2. The zero-order chi connectivity index (χ0) is 18.4. The second-order valence-electron chi connectivity index (χ2n) is 6.06. The molecule has 7 nitrogen and oxygen atoms in total. The van der Waals surface area contributed by atoms with E-state index in [1.54, 1.807) is 24.3 Å². The van der Waals surface area contributed by atoms with Gasteiger partial charge in [0.15, 0.2) is 0 Å². The van der Waals surface area contributed by atoms with Crippen LogP contribution in [0.5, 0.6) is 5.88 Å². The third-order valence-electron chi connectivity index (χ3n) is 4.23. The predicted octanol–water partition coefficient (Wildman–Crippen LogP) is 2.22. The lowest BCUT2D eigenvalue weighted by Gasteiger charge is -2.16. The second kappa shape index (κ2) is 8.33. The van der Waals surface area contributed by atoms with Gasteiger partial charge in [0.05, 0.1) is 7.11 Å². The van der Waals surface area contributed by atoms with Crippen molar-refractivity contribution in [2.75, 3.05) is 18.6 Å². The van der Waals surface area contributed by atoms with Crippen molar-refractivity contribution in [3.05, 3.63) is 53.7 Å². The number of hydrogen-bond donors (Lipinski definition) is 2. The van der Waals surface area contributed by atoms with E-state index in [1.807, 2.05) is 30.3 Å². The Morgan fingerprint density at radius 2 is 1.81 bits per heavy atom. The number of rotatable bonds is 6. The number of aromatic nitrogens is 1. The van der Waals surface area contributed by atoms with Crippen molar-refractivity contribution in [3.63, 3.8) is 0 Å². The van der Waals surface area contributed by atoms with Crippen molar-refractivity contribution in [3.8, 4) is 5.88 Å². The summed E-state index contributed by atoms with van der Waals surface area (Å²) in [6.07, 6.45) is 3.19. The Balaban J connectivity index is 1.44. The van der Waals surface area contributed by atoms with Gasteiger partial charge in [-0.1, -0.05) is 18.2 Å². The van der Waals surface area contributed by atoms with Gasteiger partial charge in [0.1, 0.15) is 0 Å². The number of hydrogen-bond acceptors (Lipinski definition) is 4. The van der Waals surface area contributed by atoms with Gasteiger partial charge in [-0.05, 0) is 29.7 Å². The van der Waals surface area contributed by atoms with Gasteiger partial charge in [-0.15, -0.1) is 0 Å². The fourth-order valence-corrected chi connectivity index (χ4v) is 2.78. The number of pyridine rings is 1. The Morgan fingerprint density at radius 3 is 2.38 bits per heavy atom. The lowest BCUT2D eigenvalue weighted by Crippen LogP contribution is -2.34. The van der Waals surface area contributed by atoms with Crippen LogP contribution in [0.25, 0.3) is 0 Å². The van der Waals surface area contributed by atoms with Crippen molar-refractivity contribution in [2.45, 2.75) is 25.9 Å². The van der Waals surface area contributed by atoms with Gasteiger partial charge >= 0.3 is 6.03 Å². The minimum absolute atomic E-state index is 0.170. The van der Waals surface area contributed by atoms with Gasteiger partial charge in [-0.25, -0.2) is 9.78 Å². The highest BCUT2D eigenvalue weighted by atomic mass is 16.5. The topological polar surface area (TPSA) is 83.6 Å². The summed E-state index contributed by atoms with van der Waals surface area (Å²) < 4.78 is 5.00. The second-order valence-corrected chi connectivity index (χ2v) is 6.06. The Bertz CT molecular complexity index is 759. The standard InChI is InChI=1S/C19H22N4O3/c1-26-17-9-6-15(12-20-17)13-22-19(25)21-11-14-4-7-16(8-5-14)23-10-2-3-18(23)24/h4-9,12H,2-3,10-11,13H2,1H3,(H2,21,22,25). The number of nitrogens with zero attached hydrogens (tertiary/aromatic N) is 2. The van der Waals surface area contributed by atoms with E-state index in [2.05, 4.69) is 15.6 Å². The van der Waals surface area contributed by atoms with Gasteiger partial charge in [-0.3, -0.25) is 4.79 Å². The van der Waals surface area contributed by atoms with Gasteiger partial charge in [0.2, 0.25) is 11.8 Å². The van der Waals surface area contributed by atoms with Gasteiger partial charge in [0.25, 0.3) is 0 Å². The van der Waals surface area contributed by atoms with Crippen LogP contribution in [0, 0.1) is 0 Å². The van der Waals surface area contributed by atoms with Crippen molar-refractivity contribution in [1.82, 2.24) is 15.6 Å². The normalized spacial score (nSPS) is 13.6. The van der Waals surface area contributed by atoms with E-state index < -0.39 is 0 Å². The summed E-state index contributed by atoms with van der Waals surface area (Å²) in [5, 5.41) is 5.60. The van der Waals surface area contributed by atoms with E-state index in [-0.39, 0.29) is 11.9 Å². The van der Waals surface area contributed by atoms with Crippen LogP contribution in [0.15, 0.2) is 42.6 Å². The molecule has 0 bridgehead atoms. The van der Waals surface area contributed by atoms with Gasteiger partial charge < -0.3 is 20.3 Å². The smallest absolute Gasteiger partial charge is 0.315 e. The summed E-state index contributed by atoms with van der Waals surface area (Å²) in [5.74, 6) is 0.709. The average Bonchev–Trinajstić information content (AvgIpc) is 3.11. The SMILES string of the molecule is COc1ccc(CNC(=O)NCc2ccc(N3CCCC3=O)cc2)cn1. The minimum atomic E-state index is -0.250. The first-order chi connectivity index (χ1) is 12.7. The molecule has 136 valence electrons. The van der Waals surface area contributed by atoms with E-state index in [9.17, 15) is 9.59 Å². The third-order valence-corrected chi connectivity index (χ3v) is 4.23. The maximum Gasteiger partial charge on any atom is 0.315 e. The highest BCUT2D eigenvalue weighted by Crippen LogP contribution is 2.21. The Hall–Kier alpha value is -3.09. The Labute approximate surface area is 152 Å². The Kier molecular flexibility index (Phi) is 5.68. The molecule has 2 aromatic rings. The first kappa shape index (κ1) is 17.7. The molecule has 2 N–H and O–H groups in total. The number of carbonyl (C=O) groups is 2. The average molecular weight is 354 g/mol. The van der Waals surface area contributed by atoms with E-state index in [0.717, 1.165) is 29.8 Å². The van der Waals surface area contributed by atoms with Crippen LogP contribution in [0.3, 0.4) is 0 Å². The van der Waals surface area contributed by atoms with E-state index in [4.69, 9.17) is 4.74 Å². The number of amides is 3. The number of benzene rings is 1. The molecule has 0 atom stereocenters. The molecule has 1 aliphatic heterocycles. The zero-order valence-corrected chi connectivity index (χ0v) is 14.7. The van der Waals surface area contributed by atoms with Crippen LogP contribution in [0.4, 0.5) is 10.5 Å². The summed E-state index contributed by atoms with van der Waals surface area (Å²) in [6, 6.07) is 11.0. The molecule has 0 aliphatic carbocycles. The molecule has 1 fully saturated rings. The molecule has 0 saturated carbocycles. The fourth-order valence-electron chi connectivity index (χ4n) is 2.78. The molecular formula is C19H22N4O3. The van der Waals surface area contributed by atoms with Gasteiger partial charge in [0, 0.05) is 44.0 Å². The molecule has 0 radical (unpaired) electrons. The summed E-state index contributed by atoms with van der Waals surface area (Å²) >= 11 is 0. The number of ether oxygens (including phenoxy) is 1.